The molecule has 0 fully saturated rings. The molecule has 0 saturated carbocycles. The summed E-state index contributed by atoms with van der Waals surface area (Å²) in [5.41, 5.74) is 1.91. The second kappa shape index (κ2) is 5.87. The van der Waals surface area contributed by atoms with Gasteiger partial charge in [-0.05, 0) is 23.8 Å². The summed E-state index contributed by atoms with van der Waals surface area (Å²) in [5.74, 6) is -0.558. The molecular formula is C16H14O4S. The molecule has 5 heteroatoms. The average Bonchev–Trinajstić information content (AvgIpc) is 2.52. The van der Waals surface area contributed by atoms with Crippen LogP contribution in [0.2, 0.25) is 0 Å². The number of ketones is 1. The molecule has 0 spiro atoms. The summed E-state index contributed by atoms with van der Waals surface area (Å²) >= 11 is 1.60. The molecular weight excluding hydrogens is 288 g/mol. The van der Waals surface area contributed by atoms with E-state index >= 15 is 0 Å². The number of thioether (sulfide) groups is 1. The molecule has 2 aliphatic rings. The first-order chi connectivity index (χ1) is 10.2. The fraction of sp³-hybridized carbons (Fsp3) is 0.250. The van der Waals surface area contributed by atoms with Crippen molar-refractivity contribution in [3.8, 4) is 0 Å². The third kappa shape index (κ3) is 2.80. The van der Waals surface area contributed by atoms with Gasteiger partial charge < -0.3 is 9.47 Å². The number of hydrogen-bond donors (Lipinski definition) is 0. The Kier molecular flexibility index (Phi) is 3.94. The Morgan fingerprint density at radius 1 is 1.38 bits per heavy atom. The minimum absolute atomic E-state index is 0.0709. The van der Waals surface area contributed by atoms with Gasteiger partial charge in [-0.3, -0.25) is 4.79 Å². The molecule has 21 heavy (non-hydrogen) atoms. The van der Waals surface area contributed by atoms with Crippen molar-refractivity contribution in [2.45, 2.75) is 17.4 Å². The summed E-state index contributed by atoms with van der Waals surface area (Å²) in [7, 11) is 1.29. The maximum atomic E-state index is 12.5. The molecule has 1 unspecified atom stereocenters. The van der Waals surface area contributed by atoms with Gasteiger partial charge in [-0.25, -0.2) is 4.79 Å². The Labute approximate surface area is 126 Å². The number of ether oxygens (including phenoxy) is 2. The third-order valence-electron chi connectivity index (χ3n) is 3.44. The van der Waals surface area contributed by atoms with Crippen molar-refractivity contribution >= 4 is 23.5 Å². The lowest BCUT2D eigenvalue weighted by molar-refractivity contribution is -0.148. The minimum atomic E-state index is -0.700. The minimum Gasteiger partial charge on any atom is -0.467 e. The molecule has 4 nitrogen and oxygen atoms in total. The number of allylic oxidation sites excluding steroid dienone is 1. The summed E-state index contributed by atoms with van der Waals surface area (Å²) in [6.45, 7) is -0.219. The van der Waals surface area contributed by atoms with Crippen molar-refractivity contribution in [2.75, 3.05) is 13.7 Å². The Balaban J connectivity index is 1.76. The molecule has 0 amide bonds. The largest absolute Gasteiger partial charge is 0.467 e. The van der Waals surface area contributed by atoms with E-state index in [9.17, 15) is 9.59 Å². The van der Waals surface area contributed by atoms with Gasteiger partial charge in [0, 0.05) is 21.8 Å². The van der Waals surface area contributed by atoms with Gasteiger partial charge in [-0.2, -0.15) is 0 Å². The Hall–Kier alpha value is -1.85. The first-order valence-electron chi connectivity index (χ1n) is 6.59. The number of fused-ring (bicyclic) bond motifs is 1. The average molecular weight is 302 g/mol. The van der Waals surface area contributed by atoms with Crippen molar-refractivity contribution in [1.29, 1.82) is 0 Å². The second-order valence-electron chi connectivity index (χ2n) is 4.76. The molecule has 0 N–H and O–H groups in total. The molecule has 1 aromatic rings. The van der Waals surface area contributed by atoms with Gasteiger partial charge in [0.2, 0.25) is 0 Å². The molecule has 0 radical (unpaired) electrons. The summed E-state index contributed by atoms with van der Waals surface area (Å²) < 4.78 is 9.84. The molecule has 0 saturated heterocycles. The highest BCUT2D eigenvalue weighted by molar-refractivity contribution is 8.03. The predicted molar refractivity (Wildman–Crippen MR) is 78.9 cm³/mol. The van der Waals surface area contributed by atoms with E-state index in [2.05, 4.69) is 10.8 Å². The van der Waals surface area contributed by atoms with E-state index in [4.69, 9.17) is 4.74 Å². The van der Waals surface area contributed by atoms with Crippen LogP contribution in [-0.4, -0.2) is 31.6 Å². The first-order valence-corrected chi connectivity index (χ1v) is 7.40. The van der Waals surface area contributed by atoms with Crippen molar-refractivity contribution < 1.29 is 19.1 Å². The van der Waals surface area contributed by atoms with Crippen LogP contribution < -0.4 is 0 Å². The fourth-order valence-electron chi connectivity index (χ4n) is 2.33. The highest BCUT2D eigenvalue weighted by Gasteiger charge is 2.30. The van der Waals surface area contributed by atoms with Gasteiger partial charge in [-0.15, -0.1) is 0 Å². The third-order valence-corrected chi connectivity index (χ3v) is 4.66. The van der Waals surface area contributed by atoms with E-state index < -0.39 is 12.1 Å². The maximum absolute atomic E-state index is 12.5. The van der Waals surface area contributed by atoms with E-state index in [1.807, 2.05) is 24.3 Å². The monoisotopic (exact) mass is 302 g/mol. The fourth-order valence-corrected chi connectivity index (χ4v) is 3.43. The Morgan fingerprint density at radius 2 is 2.19 bits per heavy atom. The Morgan fingerprint density at radius 3 is 3.00 bits per heavy atom. The lowest BCUT2D eigenvalue weighted by atomic mass is 9.94. The summed E-state index contributed by atoms with van der Waals surface area (Å²) in [4.78, 5) is 25.7. The maximum Gasteiger partial charge on any atom is 0.331 e. The van der Waals surface area contributed by atoms with Gasteiger partial charge in [0.15, 0.2) is 5.78 Å². The summed E-state index contributed by atoms with van der Waals surface area (Å²) in [6.07, 6.45) is 3.51. The first kappa shape index (κ1) is 14.1. The smallest absolute Gasteiger partial charge is 0.331 e. The number of carbonyl (C=O) groups is 2. The molecule has 3 rings (SSSR count). The number of methoxy groups -OCH3 is 1. The van der Waals surface area contributed by atoms with Crippen molar-refractivity contribution in [1.82, 2.24) is 0 Å². The molecule has 1 aromatic carbocycles. The van der Waals surface area contributed by atoms with Crippen LogP contribution in [0, 0.1) is 0 Å². The molecule has 1 aliphatic heterocycles. The van der Waals surface area contributed by atoms with E-state index in [0.717, 1.165) is 16.0 Å². The standard InChI is InChI=1S/C16H14O4S/c1-19-15(17)9-20-12-6-7-14-11(16(12)18)8-10-4-2-3-5-13(10)21-14/h2-7,12H,8-9H2,1H3. The van der Waals surface area contributed by atoms with Gasteiger partial charge in [-0.1, -0.05) is 30.0 Å². The van der Waals surface area contributed by atoms with Crippen LogP contribution >= 0.6 is 11.8 Å². The Bertz CT molecular complexity index is 660. The van der Waals surface area contributed by atoms with E-state index in [-0.39, 0.29) is 12.4 Å². The van der Waals surface area contributed by atoms with Crippen LogP contribution in [0.25, 0.3) is 0 Å². The number of rotatable bonds is 3. The molecule has 1 heterocycles. The van der Waals surface area contributed by atoms with Crippen LogP contribution in [0.4, 0.5) is 0 Å². The SMILES string of the molecule is COC(=O)COC1C=CC2=C(Cc3ccccc3S2)C1=O. The lowest BCUT2D eigenvalue weighted by Gasteiger charge is -2.25. The zero-order valence-corrected chi connectivity index (χ0v) is 12.3. The predicted octanol–water partition coefficient (Wildman–Crippen LogP) is 2.29. The molecule has 1 atom stereocenters. The zero-order valence-electron chi connectivity index (χ0n) is 11.5. The molecule has 0 aromatic heterocycles. The number of esters is 1. The van der Waals surface area contributed by atoms with E-state index in [1.165, 1.54) is 12.0 Å². The molecule has 0 bridgehead atoms. The quantitative estimate of drug-likeness (QED) is 0.802. The highest BCUT2D eigenvalue weighted by Crippen LogP contribution is 2.41. The second-order valence-corrected chi connectivity index (χ2v) is 5.84. The van der Waals surface area contributed by atoms with Crippen LogP contribution in [0.1, 0.15) is 5.56 Å². The van der Waals surface area contributed by atoms with Gasteiger partial charge in [0.1, 0.15) is 12.7 Å². The summed E-state index contributed by atoms with van der Waals surface area (Å²) in [6, 6.07) is 8.05. The van der Waals surface area contributed by atoms with Gasteiger partial charge in [0.05, 0.1) is 7.11 Å². The van der Waals surface area contributed by atoms with E-state index in [0.29, 0.717) is 6.42 Å². The van der Waals surface area contributed by atoms with Gasteiger partial charge in [0.25, 0.3) is 0 Å². The van der Waals surface area contributed by atoms with Crippen LogP contribution in [-0.2, 0) is 25.5 Å². The van der Waals surface area contributed by atoms with Crippen LogP contribution in [0.5, 0.6) is 0 Å². The highest BCUT2D eigenvalue weighted by atomic mass is 32.2. The van der Waals surface area contributed by atoms with Crippen LogP contribution in [0.3, 0.4) is 0 Å². The lowest BCUT2D eigenvalue weighted by Crippen LogP contribution is -2.30. The van der Waals surface area contributed by atoms with Crippen molar-refractivity contribution in [2.24, 2.45) is 0 Å². The van der Waals surface area contributed by atoms with E-state index in [1.54, 1.807) is 17.8 Å². The zero-order chi connectivity index (χ0) is 14.8. The van der Waals surface area contributed by atoms with Gasteiger partial charge >= 0.3 is 5.97 Å². The molecule has 108 valence electrons. The van der Waals surface area contributed by atoms with Crippen LogP contribution in [0.15, 0.2) is 51.8 Å². The number of hydrogen-bond acceptors (Lipinski definition) is 5. The van der Waals surface area contributed by atoms with Crippen molar-refractivity contribution in [3.05, 3.63) is 52.5 Å². The van der Waals surface area contributed by atoms with Crippen molar-refractivity contribution in [3.63, 3.8) is 0 Å². The topological polar surface area (TPSA) is 52.6 Å². The summed E-state index contributed by atoms with van der Waals surface area (Å²) in [5, 5.41) is 0. The number of Topliss-reactive ketones (excluding diaryl/α,β-unsaturated/α-hetero) is 1. The number of carbonyl (C=O) groups excluding carboxylic acids is 2. The number of benzene rings is 1. The molecule has 1 aliphatic carbocycles. The normalized spacial score (nSPS) is 20.0.